The van der Waals surface area contributed by atoms with E-state index in [1.54, 1.807) is 36.5 Å². The summed E-state index contributed by atoms with van der Waals surface area (Å²) in [6, 6.07) is 8.47. The van der Waals surface area contributed by atoms with Gasteiger partial charge in [-0.05, 0) is 24.3 Å². The molecule has 0 bridgehead atoms. The van der Waals surface area contributed by atoms with Gasteiger partial charge >= 0.3 is 0 Å². The second-order valence-electron chi connectivity index (χ2n) is 3.11. The zero-order valence-corrected chi connectivity index (χ0v) is 8.58. The number of ketones is 1. The first kappa shape index (κ1) is 9.80. The summed E-state index contributed by atoms with van der Waals surface area (Å²) in [5, 5.41) is 0.396. The highest BCUT2D eigenvalue weighted by Gasteiger charge is 2.13. The highest BCUT2D eigenvalue weighted by Crippen LogP contribution is 2.24. The van der Waals surface area contributed by atoms with Crippen molar-refractivity contribution in [3.05, 3.63) is 52.8 Å². The number of hydrogen-bond donors (Lipinski definition) is 2. The number of nitrogens with one attached hydrogen (secondary N) is 1. The number of nitrogen functional groups attached to an aromatic ring is 1. The third-order valence-electron chi connectivity index (χ3n) is 2.14. The van der Waals surface area contributed by atoms with Gasteiger partial charge in [0, 0.05) is 11.8 Å². The molecule has 4 heteroatoms. The average molecular weight is 221 g/mol. The molecule has 0 aliphatic heterocycles. The molecule has 15 heavy (non-hydrogen) atoms. The Bertz CT molecular complexity index is 491. The molecule has 3 nitrogen and oxygen atoms in total. The molecule has 0 amide bonds. The summed E-state index contributed by atoms with van der Waals surface area (Å²) in [5.41, 5.74) is 6.97. The molecule has 0 unspecified atom stereocenters. The van der Waals surface area contributed by atoms with Crippen molar-refractivity contribution in [2.24, 2.45) is 0 Å². The van der Waals surface area contributed by atoms with Gasteiger partial charge in [-0.15, -0.1) is 0 Å². The topological polar surface area (TPSA) is 58.9 Å². The van der Waals surface area contributed by atoms with Crippen LogP contribution in [0.3, 0.4) is 0 Å². The molecule has 1 aromatic carbocycles. The van der Waals surface area contributed by atoms with Gasteiger partial charge in [0.05, 0.1) is 16.4 Å². The van der Waals surface area contributed by atoms with Crippen molar-refractivity contribution in [1.29, 1.82) is 0 Å². The van der Waals surface area contributed by atoms with Crippen LogP contribution < -0.4 is 5.73 Å². The molecule has 76 valence electrons. The Kier molecular flexibility index (Phi) is 2.47. The molecule has 0 aliphatic rings. The highest BCUT2D eigenvalue weighted by molar-refractivity contribution is 6.34. The van der Waals surface area contributed by atoms with Crippen molar-refractivity contribution in [2.45, 2.75) is 0 Å². The van der Waals surface area contributed by atoms with Gasteiger partial charge in [0.2, 0.25) is 5.78 Å². The van der Waals surface area contributed by atoms with Gasteiger partial charge in [-0.1, -0.05) is 17.7 Å². The van der Waals surface area contributed by atoms with E-state index in [9.17, 15) is 4.79 Å². The summed E-state index contributed by atoms with van der Waals surface area (Å²) in [6.07, 6.45) is 1.69. The molecule has 0 atom stereocenters. The quantitative estimate of drug-likeness (QED) is 0.604. The third kappa shape index (κ3) is 1.74. The van der Waals surface area contributed by atoms with Crippen LogP contribution in [0.5, 0.6) is 0 Å². The molecule has 0 saturated carbocycles. The number of aromatic nitrogens is 1. The number of anilines is 1. The van der Waals surface area contributed by atoms with E-state index < -0.39 is 0 Å². The number of benzene rings is 1. The molecule has 2 aromatic rings. The summed E-state index contributed by atoms with van der Waals surface area (Å²) in [6.45, 7) is 0. The van der Waals surface area contributed by atoms with Crippen LogP contribution in [0.15, 0.2) is 36.5 Å². The number of H-pyrrole nitrogens is 1. The zero-order chi connectivity index (χ0) is 10.8. The first-order valence-electron chi connectivity index (χ1n) is 4.42. The van der Waals surface area contributed by atoms with Crippen LogP contribution in [0.1, 0.15) is 16.1 Å². The molecule has 0 radical (unpaired) electrons. The molecular formula is C11H9ClN2O. The zero-order valence-electron chi connectivity index (χ0n) is 7.83. The summed E-state index contributed by atoms with van der Waals surface area (Å²) < 4.78 is 0. The Morgan fingerprint density at radius 3 is 2.73 bits per heavy atom. The number of carbonyl (C=O) groups excluding carboxylic acids is 1. The Labute approximate surface area is 91.9 Å². The number of rotatable bonds is 2. The largest absolute Gasteiger partial charge is 0.397 e. The maximum Gasteiger partial charge on any atom is 0.211 e. The smallest absolute Gasteiger partial charge is 0.211 e. The van der Waals surface area contributed by atoms with E-state index in [2.05, 4.69) is 4.98 Å². The number of para-hydroxylation sites is 1. The fourth-order valence-electron chi connectivity index (χ4n) is 1.35. The fraction of sp³-hybridized carbons (Fsp3) is 0. The Morgan fingerprint density at radius 1 is 1.27 bits per heavy atom. The minimum Gasteiger partial charge on any atom is -0.397 e. The van der Waals surface area contributed by atoms with E-state index in [-0.39, 0.29) is 5.78 Å². The number of nitrogens with two attached hydrogens (primary N) is 1. The van der Waals surface area contributed by atoms with Crippen LogP contribution in [-0.2, 0) is 0 Å². The van der Waals surface area contributed by atoms with Gasteiger partial charge in [0.1, 0.15) is 0 Å². The lowest BCUT2D eigenvalue weighted by Gasteiger charge is -2.04. The van der Waals surface area contributed by atoms with Crippen LogP contribution in [-0.4, -0.2) is 10.8 Å². The van der Waals surface area contributed by atoms with E-state index >= 15 is 0 Å². The van der Waals surface area contributed by atoms with Crippen LogP contribution in [0.4, 0.5) is 5.69 Å². The number of carbonyl (C=O) groups is 1. The van der Waals surface area contributed by atoms with Crippen molar-refractivity contribution in [2.75, 3.05) is 5.73 Å². The minimum atomic E-state index is -0.153. The molecule has 1 aromatic heterocycles. The third-order valence-corrected chi connectivity index (χ3v) is 2.47. The molecular weight excluding hydrogens is 212 g/mol. The number of hydrogen-bond acceptors (Lipinski definition) is 2. The minimum absolute atomic E-state index is 0.153. The first-order chi connectivity index (χ1) is 7.20. The predicted octanol–water partition coefficient (Wildman–Crippen LogP) is 2.48. The number of aromatic amines is 1. The first-order valence-corrected chi connectivity index (χ1v) is 4.80. The van der Waals surface area contributed by atoms with Crippen LogP contribution in [0.2, 0.25) is 5.02 Å². The normalized spacial score (nSPS) is 10.2. The van der Waals surface area contributed by atoms with Gasteiger partial charge in [0.15, 0.2) is 0 Å². The Hall–Kier alpha value is -1.74. The maximum atomic E-state index is 11.9. The van der Waals surface area contributed by atoms with Crippen molar-refractivity contribution < 1.29 is 4.79 Å². The van der Waals surface area contributed by atoms with E-state index in [4.69, 9.17) is 17.3 Å². The van der Waals surface area contributed by atoms with Gasteiger partial charge in [-0.2, -0.15) is 0 Å². The summed E-state index contributed by atoms with van der Waals surface area (Å²) in [7, 11) is 0. The molecule has 2 rings (SSSR count). The second kappa shape index (κ2) is 3.79. The van der Waals surface area contributed by atoms with E-state index in [0.717, 1.165) is 0 Å². The standard InChI is InChI=1S/C11H9ClN2O/c12-8-4-1-3-7(10(8)13)11(15)9-5-2-6-14-9/h1-6,14H,13H2. The lowest BCUT2D eigenvalue weighted by molar-refractivity contribution is 0.103. The van der Waals surface area contributed by atoms with Crippen molar-refractivity contribution >= 4 is 23.1 Å². The lowest BCUT2D eigenvalue weighted by Crippen LogP contribution is -2.05. The fourth-order valence-corrected chi connectivity index (χ4v) is 1.53. The average Bonchev–Trinajstić information content (AvgIpc) is 2.74. The summed E-state index contributed by atoms with van der Waals surface area (Å²) in [5.74, 6) is -0.153. The highest BCUT2D eigenvalue weighted by atomic mass is 35.5. The maximum absolute atomic E-state index is 11.9. The van der Waals surface area contributed by atoms with Crippen molar-refractivity contribution in [3.63, 3.8) is 0 Å². The Balaban J connectivity index is 2.47. The second-order valence-corrected chi connectivity index (χ2v) is 3.52. The summed E-state index contributed by atoms with van der Waals surface area (Å²) in [4.78, 5) is 14.7. The van der Waals surface area contributed by atoms with Crippen molar-refractivity contribution in [1.82, 2.24) is 4.98 Å². The van der Waals surface area contributed by atoms with Gasteiger partial charge in [0.25, 0.3) is 0 Å². The number of halogens is 1. The van der Waals surface area contributed by atoms with Gasteiger partial charge in [-0.3, -0.25) is 4.79 Å². The van der Waals surface area contributed by atoms with Gasteiger partial charge in [-0.25, -0.2) is 0 Å². The monoisotopic (exact) mass is 220 g/mol. The van der Waals surface area contributed by atoms with E-state index in [1.165, 1.54) is 0 Å². The van der Waals surface area contributed by atoms with Crippen LogP contribution >= 0.6 is 11.6 Å². The molecule has 1 heterocycles. The Morgan fingerprint density at radius 2 is 2.07 bits per heavy atom. The molecule has 0 saturated heterocycles. The SMILES string of the molecule is Nc1c(Cl)cccc1C(=O)c1ccc[nH]1. The lowest BCUT2D eigenvalue weighted by atomic mass is 10.1. The van der Waals surface area contributed by atoms with E-state index in [0.29, 0.717) is 22.0 Å². The molecule has 0 aliphatic carbocycles. The van der Waals surface area contributed by atoms with Crippen molar-refractivity contribution in [3.8, 4) is 0 Å². The van der Waals surface area contributed by atoms with Crippen LogP contribution in [0.25, 0.3) is 0 Å². The van der Waals surface area contributed by atoms with Crippen LogP contribution in [0, 0.1) is 0 Å². The molecule has 0 spiro atoms. The molecule has 0 fully saturated rings. The predicted molar refractivity (Wildman–Crippen MR) is 60.1 cm³/mol. The summed E-state index contributed by atoms with van der Waals surface area (Å²) >= 11 is 5.83. The van der Waals surface area contributed by atoms with Gasteiger partial charge < -0.3 is 10.7 Å². The van der Waals surface area contributed by atoms with E-state index in [1.807, 2.05) is 0 Å². The molecule has 3 N–H and O–H groups in total.